The predicted octanol–water partition coefficient (Wildman–Crippen LogP) is 5.13. The largest absolute Gasteiger partial charge is 0.454 e. The van der Waals surface area contributed by atoms with E-state index in [0.717, 1.165) is 15.6 Å². The second-order valence-corrected chi connectivity index (χ2v) is 6.53. The molecule has 2 aromatic carbocycles. The topological polar surface area (TPSA) is 43.4 Å². The van der Waals surface area contributed by atoms with E-state index in [1.165, 1.54) is 18.2 Å². The highest BCUT2D eigenvalue weighted by Gasteiger charge is 2.17. The number of nitrogens with zero attached hydrogens (tertiary/aromatic N) is 1. The molecule has 1 aliphatic heterocycles. The average molecular weight is 419 g/mol. The predicted molar refractivity (Wildman–Crippen MR) is 97.2 cm³/mol. The Balaban J connectivity index is 1.52. The lowest BCUT2D eigenvalue weighted by molar-refractivity contribution is 0.174. The van der Waals surface area contributed by atoms with Crippen LogP contribution < -0.4 is 14.8 Å². The normalized spacial score (nSPS) is 12.3. The van der Waals surface area contributed by atoms with Crippen LogP contribution in [0.25, 0.3) is 11.1 Å². The maximum Gasteiger partial charge on any atom is 0.231 e. The zero-order valence-corrected chi connectivity index (χ0v) is 15.0. The van der Waals surface area contributed by atoms with Crippen molar-refractivity contribution in [2.75, 3.05) is 12.1 Å². The van der Waals surface area contributed by atoms with Crippen molar-refractivity contribution in [2.24, 2.45) is 0 Å². The highest BCUT2D eigenvalue weighted by Crippen LogP contribution is 2.40. The fourth-order valence-electron chi connectivity index (χ4n) is 2.68. The average Bonchev–Trinajstić information content (AvgIpc) is 3.08. The van der Waals surface area contributed by atoms with Crippen LogP contribution in [0, 0.1) is 11.6 Å². The lowest BCUT2D eigenvalue weighted by Gasteiger charge is -2.10. The molecule has 0 radical (unpaired) electrons. The summed E-state index contributed by atoms with van der Waals surface area (Å²) in [5.74, 6) is 0.726. The van der Waals surface area contributed by atoms with Gasteiger partial charge in [0.15, 0.2) is 11.5 Å². The Morgan fingerprint density at radius 1 is 1.04 bits per heavy atom. The van der Waals surface area contributed by atoms with Crippen LogP contribution in [0.5, 0.6) is 11.5 Å². The minimum Gasteiger partial charge on any atom is -0.454 e. The molecule has 1 aliphatic rings. The number of hydrogen-bond donors (Lipinski definition) is 1. The van der Waals surface area contributed by atoms with Gasteiger partial charge in [-0.25, -0.2) is 13.8 Å². The van der Waals surface area contributed by atoms with Gasteiger partial charge < -0.3 is 14.8 Å². The second kappa shape index (κ2) is 6.92. The summed E-state index contributed by atoms with van der Waals surface area (Å²) in [4.78, 5) is 4.32. The fourth-order valence-corrected chi connectivity index (χ4v) is 3.23. The van der Waals surface area contributed by atoms with Crippen LogP contribution in [0.2, 0.25) is 0 Å². The van der Waals surface area contributed by atoms with Crippen molar-refractivity contribution in [2.45, 2.75) is 6.54 Å². The first-order valence-electron chi connectivity index (χ1n) is 7.84. The monoisotopic (exact) mass is 418 g/mol. The third-order valence-corrected chi connectivity index (χ3v) is 4.70. The molecule has 0 amide bonds. The summed E-state index contributed by atoms with van der Waals surface area (Å²) in [7, 11) is 0. The molecular weight excluding hydrogens is 406 g/mol. The quantitative estimate of drug-likeness (QED) is 0.637. The van der Waals surface area contributed by atoms with Gasteiger partial charge in [-0.2, -0.15) is 0 Å². The van der Waals surface area contributed by atoms with Gasteiger partial charge in [0, 0.05) is 33.9 Å². The number of pyridine rings is 1. The number of fused-ring (bicyclic) bond motifs is 1. The third-order valence-electron chi connectivity index (χ3n) is 4.04. The Bertz CT molecular complexity index is 944. The van der Waals surface area contributed by atoms with Crippen LogP contribution in [0.15, 0.2) is 53.1 Å². The lowest BCUT2D eigenvalue weighted by atomic mass is 10.1. The van der Waals surface area contributed by atoms with E-state index in [1.807, 2.05) is 18.2 Å². The Morgan fingerprint density at radius 2 is 1.77 bits per heavy atom. The van der Waals surface area contributed by atoms with Crippen molar-refractivity contribution in [3.05, 3.63) is 70.3 Å². The summed E-state index contributed by atoms with van der Waals surface area (Å²) in [5.41, 5.74) is 1.77. The fraction of sp³-hybridized carbons (Fsp3) is 0.105. The van der Waals surface area contributed by atoms with Crippen molar-refractivity contribution in [3.8, 4) is 22.6 Å². The Labute approximate surface area is 156 Å². The van der Waals surface area contributed by atoms with Gasteiger partial charge in [-0.05, 0) is 36.4 Å². The number of nitrogens with one attached hydrogen (secondary N) is 1. The van der Waals surface area contributed by atoms with Crippen molar-refractivity contribution in [3.63, 3.8) is 0 Å². The standard InChI is InChI=1S/C19H13BrF2N2O2/c20-14-7-18-17(25-10-26-18)6-12(14)11-4-5-19(23-8-11)24-9-13-15(21)2-1-3-16(13)22/h1-8H,9-10H2,(H,23,24). The van der Waals surface area contributed by atoms with E-state index in [-0.39, 0.29) is 18.9 Å². The first-order chi connectivity index (χ1) is 12.6. The molecule has 4 nitrogen and oxygen atoms in total. The molecule has 4 rings (SSSR count). The van der Waals surface area contributed by atoms with Gasteiger partial charge in [-0.3, -0.25) is 0 Å². The van der Waals surface area contributed by atoms with Crippen LogP contribution in [-0.4, -0.2) is 11.8 Å². The molecule has 0 saturated heterocycles. The third kappa shape index (κ3) is 3.22. The molecule has 132 valence electrons. The van der Waals surface area contributed by atoms with E-state index >= 15 is 0 Å². The van der Waals surface area contributed by atoms with Gasteiger partial charge >= 0.3 is 0 Å². The van der Waals surface area contributed by atoms with Gasteiger partial charge in [0.1, 0.15) is 17.5 Å². The Morgan fingerprint density at radius 3 is 2.46 bits per heavy atom. The highest BCUT2D eigenvalue weighted by atomic mass is 79.9. The molecule has 3 aromatic rings. The van der Waals surface area contributed by atoms with E-state index in [0.29, 0.717) is 17.3 Å². The molecule has 26 heavy (non-hydrogen) atoms. The van der Waals surface area contributed by atoms with Gasteiger partial charge in [-0.1, -0.05) is 22.0 Å². The molecule has 0 spiro atoms. The van der Waals surface area contributed by atoms with Crippen molar-refractivity contribution >= 4 is 21.7 Å². The minimum absolute atomic E-state index is 0.0125. The summed E-state index contributed by atoms with van der Waals surface area (Å²) in [6, 6.07) is 11.2. The number of benzene rings is 2. The van der Waals surface area contributed by atoms with Gasteiger partial charge in [-0.15, -0.1) is 0 Å². The van der Waals surface area contributed by atoms with Crippen LogP contribution in [0.3, 0.4) is 0 Å². The molecule has 0 atom stereocenters. The van der Waals surface area contributed by atoms with Gasteiger partial charge in [0.25, 0.3) is 0 Å². The van der Waals surface area contributed by atoms with E-state index in [4.69, 9.17) is 9.47 Å². The van der Waals surface area contributed by atoms with Crippen molar-refractivity contribution < 1.29 is 18.3 Å². The lowest BCUT2D eigenvalue weighted by Crippen LogP contribution is -2.05. The van der Waals surface area contributed by atoms with Crippen molar-refractivity contribution in [1.29, 1.82) is 0 Å². The minimum atomic E-state index is -0.585. The molecule has 1 aromatic heterocycles. The van der Waals surface area contributed by atoms with E-state index in [9.17, 15) is 8.78 Å². The molecule has 1 N–H and O–H groups in total. The van der Waals surface area contributed by atoms with Crippen LogP contribution in [-0.2, 0) is 6.54 Å². The van der Waals surface area contributed by atoms with Gasteiger partial charge in [0.05, 0.1) is 0 Å². The number of aromatic nitrogens is 1. The number of anilines is 1. The van der Waals surface area contributed by atoms with Crippen molar-refractivity contribution in [1.82, 2.24) is 4.98 Å². The maximum atomic E-state index is 13.7. The van der Waals surface area contributed by atoms with E-state index in [1.54, 1.807) is 12.3 Å². The molecule has 0 fully saturated rings. The number of halogens is 3. The molecule has 0 aliphatic carbocycles. The first kappa shape index (κ1) is 16.8. The summed E-state index contributed by atoms with van der Waals surface area (Å²) in [6.45, 7) is 0.220. The molecule has 0 unspecified atom stereocenters. The van der Waals surface area contributed by atoms with Crippen LogP contribution in [0.4, 0.5) is 14.6 Å². The molecule has 0 bridgehead atoms. The SMILES string of the molecule is Fc1cccc(F)c1CNc1ccc(-c2cc3c(cc2Br)OCO3)cn1. The van der Waals surface area contributed by atoms with E-state index in [2.05, 4.69) is 26.2 Å². The van der Waals surface area contributed by atoms with E-state index < -0.39 is 11.6 Å². The van der Waals surface area contributed by atoms with Crippen LogP contribution >= 0.6 is 15.9 Å². The Kier molecular flexibility index (Phi) is 4.46. The Hall–Kier alpha value is -2.67. The zero-order chi connectivity index (χ0) is 18.1. The maximum absolute atomic E-state index is 13.7. The summed E-state index contributed by atoms with van der Waals surface area (Å²) in [5, 5.41) is 2.93. The van der Waals surface area contributed by atoms with Gasteiger partial charge in [0.2, 0.25) is 6.79 Å². The molecular formula is C19H13BrF2N2O2. The molecule has 0 saturated carbocycles. The summed E-state index contributed by atoms with van der Waals surface area (Å²) < 4.78 is 38.9. The molecule has 2 heterocycles. The summed E-state index contributed by atoms with van der Waals surface area (Å²) >= 11 is 3.52. The zero-order valence-electron chi connectivity index (χ0n) is 13.4. The molecule has 7 heteroatoms. The number of rotatable bonds is 4. The highest BCUT2D eigenvalue weighted by molar-refractivity contribution is 9.10. The van der Waals surface area contributed by atoms with Crippen LogP contribution in [0.1, 0.15) is 5.56 Å². The first-order valence-corrected chi connectivity index (χ1v) is 8.63. The smallest absolute Gasteiger partial charge is 0.231 e. The second-order valence-electron chi connectivity index (χ2n) is 5.67. The number of hydrogen-bond acceptors (Lipinski definition) is 4. The summed E-state index contributed by atoms with van der Waals surface area (Å²) in [6.07, 6.45) is 1.68. The number of ether oxygens (including phenoxy) is 2.